The Kier molecular flexibility index (Phi) is 2.93. The van der Waals surface area contributed by atoms with E-state index in [9.17, 15) is 4.79 Å². The summed E-state index contributed by atoms with van der Waals surface area (Å²) in [4.78, 5) is 19.7. The van der Waals surface area contributed by atoms with E-state index >= 15 is 0 Å². The lowest BCUT2D eigenvalue weighted by Crippen LogP contribution is -2.28. The fraction of sp³-hybridized carbons (Fsp3) is 0.250. The molecule has 4 nitrogen and oxygen atoms in total. The van der Waals surface area contributed by atoms with Crippen molar-refractivity contribution < 1.29 is 9.90 Å². The van der Waals surface area contributed by atoms with Gasteiger partial charge in [-0.1, -0.05) is 6.07 Å². The highest BCUT2D eigenvalue weighted by Crippen LogP contribution is 2.29. The number of aliphatic carboxylic acids is 1. The van der Waals surface area contributed by atoms with E-state index in [1.165, 1.54) is 11.3 Å². The van der Waals surface area contributed by atoms with Crippen molar-refractivity contribution in [1.29, 1.82) is 0 Å². The Morgan fingerprint density at radius 3 is 2.76 bits per heavy atom. The lowest BCUT2D eigenvalue weighted by Gasteiger charge is -2.15. The lowest BCUT2D eigenvalue weighted by atomic mass is 9.90. The molecule has 2 aromatic heterocycles. The first-order valence-corrected chi connectivity index (χ1v) is 6.00. The first-order valence-electron chi connectivity index (χ1n) is 5.12. The molecule has 0 bridgehead atoms. The Morgan fingerprint density at radius 2 is 2.18 bits per heavy atom. The molecule has 88 valence electrons. The van der Waals surface area contributed by atoms with Crippen molar-refractivity contribution in [2.45, 2.75) is 19.3 Å². The number of hydrogen-bond acceptors (Lipinski definition) is 4. The largest absolute Gasteiger partial charge is 0.481 e. The van der Waals surface area contributed by atoms with Crippen LogP contribution < -0.4 is 0 Å². The van der Waals surface area contributed by atoms with Crippen LogP contribution in [0.15, 0.2) is 29.8 Å². The molecule has 1 N–H and O–H groups in total. The number of aromatic nitrogens is 2. The Morgan fingerprint density at radius 1 is 1.41 bits per heavy atom. The van der Waals surface area contributed by atoms with Crippen molar-refractivity contribution >= 4 is 17.3 Å². The number of carboxylic acid groups (broad SMARTS) is 1. The average Bonchev–Trinajstić information content (AvgIpc) is 2.80. The molecular weight excluding hydrogens is 236 g/mol. The molecule has 5 heteroatoms. The molecule has 0 fully saturated rings. The SMILES string of the molecule is CC(C)(C(=O)O)c1csc(-c2ccccn2)n1. The van der Waals surface area contributed by atoms with Gasteiger partial charge in [-0.2, -0.15) is 0 Å². The number of thiazole rings is 1. The van der Waals surface area contributed by atoms with Gasteiger partial charge >= 0.3 is 5.97 Å². The van der Waals surface area contributed by atoms with Gasteiger partial charge in [-0.15, -0.1) is 11.3 Å². The summed E-state index contributed by atoms with van der Waals surface area (Å²) in [5.74, 6) is -0.879. The van der Waals surface area contributed by atoms with E-state index in [-0.39, 0.29) is 0 Å². The second kappa shape index (κ2) is 4.25. The van der Waals surface area contributed by atoms with Crippen LogP contribution in [0.5, 0.6) is 0 Å². The second-order valence-electron chi connectivity index (χ2n) is 4.18. The number of hydrogen-bond donors (Lipinski definition) is 1. The van der Waals surface area contributed by atoms with Crippen molar-refractivity contribution in [2.24, 2.45) is 0 Å². The summed E-state index contributed by atoms with van der Waals surface area (Å²) in [6, 6.07) is 5.57. The number of carbonyl (C=O) groups is 1. The molecule has 0 aromatic carbocycles. The van der Waals surface area contributed by atoms with Crippen LogP contribution in [0.25, 0.3) is 10.7 Å². The van der Waals surface area contributed by atoms with Gasteiger partial charge in [0, 0.05) is 11.6 Å². The average molecular weight is 248 g/mol. The smallest absolute Gasteiger partial charge is 0.315 e. The summed E-state index contributed by atoms with van der Waals surface area (Å²) in [7, 11) is 0. The molecule has 0 spiro atoms. The maximum atomic E-state index is 11.1. The minimum absolute atomic E-state index is 0.565. The Bertz CT molecular complexity index is 534. The molecule has 0 saturated heterocycles. The van der Waals surface area contributed by atoms with Gasteiger partial charge in [0.2, 0.25) is 0 Å². The number of rotatable bonds is 3. The third-order valence-corrected chi connectivity index (χ3v) is 3.43. The summed E-state index contributed by atoms with van der Waals surface area (Å²) < 4.78 is 0. The maximum absolute atomic E-state index is 11.1. The van der Waals surface area contributed by atoms with Crippen LogP contribution in [-0.4, -0.2) is 21.0 Å². The van der Waals surface area contributed by atoms with Gasteiger partial charge < -0.3 is 5.11 Å². The predicted octanol–water partition coefficient (Wildman–Crippen LogP) is 2.57. The summed E-state index contributed by atoms with van der Waals surface area (Å²) in [6.45, 7) is 3.29. The van der Waals surface area contributed by atoms with Crippen molar-refractivity contribution in [1.82, 2.24) is 9.97 Å². The summed E-state index contributed by atoms with van der Waals surface area (Å²) in [5, 5.41) is 11.6. The molecule has 0 atom stereocenters. The van der Waals surface area contributed by atoms with E-state index in [1.54, 1.807) is 25.4 Å². The molecule has 2 aromatic rings. The fourth-order valence-electron chi connectivity index (χ4n) is 1.28. The van der Waals surface area contributed by atoms with Gasteiger partial charge in [0.25, 0.3) is 0 Å². The first-order chi connectivity index (χ1) is 8.01. The van der Waals surface area contributed by atoms with E-state index in [0.29, 0.717) is 5.69 Å². The fourth-order valence-corrected chi connectivity index (χ4v) is 2.24. The molecule has 0 amide bonds. The molecule has 2 rings (SSSR count). The van der Waals surface area contributed by atoms with Crippen LogP contribution in [0.2, 0.25) is 0 Å². The zero-order valence-electron chi connectivity index (χ0n) is 9.54. The van der Waals surface area contributed by atoms with Crippen molar-refractivity contribution in [2.75, 3.05) is 0 Å². The maximum Gasteiger partial charge on any atom is 0.315 e. The summed E-state index contributed by atoms with van der Waals surface area (Å²) in [6.07, 6.45) is 1.69. The van der Waals surface area contributed by atoms with E-state index in [4.69, 9.17) is 5.11 Å². The monoisotopic (exact) mass is 248 g/mol. The zero-order valence-corrected chi connectivity index (χ0v) is 10.4. The van der Waals surface area contributed by atoms with E-state index in [2.05, 4.69) is 9.97 Å². The Labute approximate surface area is 103 Å². The van der Waals surface area contributed by atoms with Crippen LogP contribution in [0.1, 0.15) is 19.5 Å². The highest BCUT2D eigenvalue weighted by atomic mass is 32.1. The minimum Gasteiger partial charge on any atom is -0.481 e. The quantitative estimate of drug-likeness (QED) is 0.906. The summed E-state index contributed by atoms with van der Waals surface area (Å²) in [5.41, 5.74) is 0.365. The van der Waals surface area contributed by atoms with Gasteiger partial charge in [0.1, 0.15) is 10.4 Å². The molecule has 0 saturated carbocycles. The molecule has 0 unspecified atom stereocenters. The molecule has 0 aliphatic carbocycles. The molecule has 0 radical (unpaired) electrons. The van der Waals surface area contributed by atoms with E-state index < -0.39 is 11.4 Å². The van der Waals surface area contributed by atoms with E-state index in [1.807, 2.05) is 18.2 Å². The highest BCUT2D eigenvalue weighted by molar-refractivity contribution is 7.13. The number of pyridine rings is 1. The van der Waals surface area contributed by atoms with Crippen LogP contribution in [0.4, 0.5) is 0 Å². The minimum atomic E-state index is -0.969. The number of carboxylic acids is 1. The van der Waals surface area contributed by atoms with Gasteiger partial charge in [-0.3, -0.25) is 9.78 Å². The number of nitrogens with zero attached hydrogens (tertiary/aromatic N) is 2. The third kappa shape index (κ3) is 2.19. The van der Waals surface area contributed by atoms with Crippen molar-refractivity contribution in [3.05, 3.63) is 35.5 Å². The third-order valence-electron chi connectivity index (χ3n) is 2.56. The Hall–Kier alpha value is -1.75. The molecule has 0 aliphatic rings. The molecular formula is C12H12N2O2S. The van der Waals surface area contributed by atoms with Crippen LogP contribution >= 0.6 is 11.3 Å². The predicted molar refractivity (Wildman–Crippen MR) is 66.0 cm³/mol. The lowest BCUT2D eigenvalue weighted by molar-refractivity contribution is -0.142. The highest BCUT2D eigenvalue weighted by Gasteiger charge is 2.32. The van der Waals surface area contributed by atoms with Gasteiger partial charge in [-0.25, -0.2) is 4.98 Å². The topological polar surface area (TPSA) is 63.1 Å². The second-order valence-corrected chi connectivity index (χ2v) is 5.04. The van der Waals surface area contributed by atoms with Crippen LogP contribution in [0.3, 0.4) is 0 Å². The van der Waals surface area contributed by atoms with Crippen LogP contribution in [-0.2, 0) is 10.2 Å². The Balaban J connectivity index is 2.38. The molecule has 17 heavy (non-hydrogen) atoms. The van der Waals surface area contributed by atoms with Gasteiger partial charge in [-0.05, 0) is 26.0 Å². The van der Waals surface area contributed by atoms with Gasteiger partial charge in [0.05, 0.1) is 11.4 Å². The van der Waals surface area contributed by atoms with Crippen molar-refractivity contribution in [3.63, 3.8) is 0 Å². The standard InChI is InChI=1S/C12H12N2O2S/c1-12(2,11(15)16)9-7-17-10(14-9)8-5-3-4-6-13-8/h3-7H,1-2H3,(H,15,16). The first kappa shape index (κ1) is 11.7. The van der Waals surface area contributed by atoms with Crippen molar-refractivity contribution in [3.8, 4) is 10.7 Å². The molecule has 0 aliphatic heterocycles. The molecule has 2 heterocycles. The van der Waals surface area contributed by atoms with Gasteiger partial charge in [0.15, 0.2) is 0 Å². The summed E-state index contributed by atoms with van der Waals surface area (Å²) >= 11 is 1.41. The zero-order chi connectivity index (χ0) is 12.5. The van der Waals surface area contributed by atoms with E-state index in [0.717, 1.165) is 10.7 Å². The normalized spacial score (nSPS) is 11.4. The van der Waals surface area contributed by atoms with Crippen LogP contribution in [0, 0.1) is 0 Å².